The molecule has 0 atom stereocenters. The van der Waals surface area contributed by atoms with Crippen LogP contribution in [0.2, 0.25) is 0 Å². The third-order valence-corrected chi connectivity index (χ3v) is 4.40. The number of aromatic nitrogens is 2. The maximum Gasteiger partial charge on any atom is 0.1000 e. The van der Waals surface area contributed by atoms with Crippen LogP contribution in [-0.4, -0.2) is 9.38 Å². The van der Waals surface area contributed by atoms with E-state index in [1.165, 1.54) is 26.7 Å². The molecule has 0 amide bonds. The average Bonchev–Trinajstić information content (AvgIpc) is 3.05. The Balaban J connectivity index is 2.16. The summed E-state index contributed by atoms with van der Waals surface area (Å²) in [6.45, 7) is 2.15. The minimum atomic E-state index is 1.06. The highest BCUT2D eigenvalue weighted by molar-refractivity contribution is 7.18. The highest BCUT2D eigenvalue weighted by atomic mass is 32.1. The van der Waals surface area contributed by atoms with Gasteiger partial charge in [-0.05, 0) is 29.3 Å². The van der Waals surface area contributed by atoms with Gasteiger partial charge in [-0.3, -0.25) is 0 Å². The number of rotatable bonds is 1. The molecule has 19 heavy (non-hydrogen) atoms. The highest BCUT2D eigenvalue weighted by Gasteiger charge is 2.12. The van der Waals surface area contributed by atoms with Gasteiger partial charge < -0.3 is 4.40 Å². The Hall–Kier alpha value is -2.13. The topological polar surface area (TPSA) is 17.3 Å². The van der Waals surface area contributed by atoms with Crippen LogP contribution in [0.15, 0.2) is 54.3 Å². The molecule has 3 heteroatoms. The van der Waals surface area contributed by atoms with Crippen LogP contribution < -0.4 is 0 Å². The molecular formula is C16H12N2S. The van der Waals surface area contributed by atoms with Crippen molar-refractivity contribution in [1.29, 1.82) is 0 Å². The predicted molar refractivity (Wildman–Crippen MR) is 80.7 cm³/mol. The fourth-order valence-corrected chi connectivity index (χ4v) is 3.58. The first-order valence-corrected chi connectivity index (χ1v) is 7.11. The van der Waals surface area contributed by atoms with Gasteiger partial charge in [0, 0.05) is 11.8 Å². The summed E-state index contributed by atoms with van der Waals surface area (Å²) >= 11 is 1.78. The first-order chi connectivity index (χ1) is 9.34. The van der Waals surface area contributed by atoms with E-state index in [0.717, 1.165) is 5.69 Å². The van der Waals surface area contributed by atoms with Crippen LogP contribution in [0.3, 0.4) is 0 Å². The molecule has 0 aliphatic rings. The van der Waals surface area contributed by atoms with Crippen molar-refractivity contribution in [2.75, 3.05) is 0 Å². The molecular weight excluding hydrogens is 252 g/mol. The Morgan fingerprint density at radius 3 is 2.79 bits per heavy atom. The van der Waals surface area contributed by atoms with Gasteiger partial charge in [0.15, 0.2) is 0 Å². The van der Waals surface area contributed by atoms with Crippen molar-refractivity contribution < 1.29 is 0 Å². The molecule has 0 N–H and O–H groups in total. The number of hydrogen-bond donors (Lipinski definition) is 0. The number of nitrogens with zero attached hydrogens (tertiary/aromatic N) is 2. The lowest BCUT2D eigenvalue weighted by atomic mass is 10.1. The zero-order valence-corrected chi connectivity index (χ0v) is 11.3. The van der Waals surface area contributed by atoms with Gasteiger partial charge in [-0.15, -0.1) is 11.3 Å². The van der Waals surface area contributed by atoms with Crippen LogP contribution in [0.5, 0.6) is 0 Å². The number of hydrogen-bond acceptors (Lipinski definition) is 2. The van der Waals surface area contributed by atoms with Crippen molar-refractivity contribution in [3.63, 3.8) is 0 Å². The number of aryl methyl sites for hydroxylation is 1. The molecule has 4 aromatic rings. The van der Waals surface area contributed by atoms with Crippen molar-refractivity contribution >= 4 is 26.9 Å². The minimum absolute atomic E-state index is 1.06. The molecule has 3 heterocycles. The molecule has 3 aromatic heterocycles. The molecule has 0 spiro atoms. The Labute approximate surface area is 115 Å². The van der Waals surface area contributed by atoms with Gasteiger partial charge >= 0.3 is 0 Å². The summed E-state index contributed by atoms with van der Waals surface area (Å²) in [5.74, 6) is 0. The van der Waals surface area contributed by atoms with E-state index in [1.807, 2.05) is 12.4 Å². The van der Waals surface area contributed by atoms with E-state index in [0.29, 0.717) is 0 Å². The van der Waals surface area contributed by atoms with Gasteiger partial charge in [-0.25, -0.2) is 4.98 Å². The molecule has 0 aliphatic heterocycles. The Morgan fingerprint density at radius 2 is 1.95 bits per heavy atom. The summed E-state index contributed by atoms with van der Waals surface area (Å²) in [5.41, 5.74) is 4.74. The van der Waals surface area contributed by atoms with E-state index in [1.54, 1.807) is 11.3 Å². The van der Waals surface area contributed by atoms with E-state index in [9.17, 15) is 0 Å². The standard InChI is InChI=1S/C16H12N2S/c1-11-9-18-10-17-14(12-5-3-2-4-6-12)15(18)16-13(11)7-8-19-16/h2-10H,1H3. The first kappa shape index (κ1) is 10.8. The molecule has 0 bridgehead atoms. The molecule has 0 fully saturated rings. The Morgan fingerprint density at radius 1 is 1.11 bits per heavy atom. The molecule has 0 aliphatic carbocycles. The summed E-state index contributed by atoms with van der Waals surface area (Å²) in [6, 6.07) is 12.6. The second-order valence-electron chi connectivity index (χ2n) is 4.69. The molecule has 0 unspecified atom stereocenters. The average molecular weight is 264 g/mol. The van der Waals surface area contributed by atoms with E-state index in [2.05, 4.69) is 58.2 Å². The SMILES string of the molecule is Cc1cn2cnc(-c3ccccc3)c2c2sccc12. The molecule has 92 valence electrons. The van der Waals surface area contributed by atoms with Gasteiger partial charge in [-0.2, -0.15) is 0 Å². The third kappa shape index (κ3) is 1.52. The summed E-state index contributed by atoms with van der Waals surface area (Å²) in [4.78, 5) is 4.61. The van der Waals surface area contributed by atoms with Crippen LogP contribution in [-0.2, 0) is 0 Å². The van der Waals surface area contributed by atoms with E-state index >= 15 is 0 Å². The number of benzene rings is 1. The van der Waals surface area contributed by atoms with Gasteiger partial charge in [0.05, 0.1) is 22.2 Å². The normalized spacial score (nSPS) is 11.4. The van der Waals surface area contributed by atoms with Gasteiger partial charge in [0.2, 0.25) is 0 Å². The smallest absolute Gasteiger partial charge is 0.1000 e. The molecule has 1 aromatic carbocycles. The Kier molecular flexibility index (Phi) is 2.23. The lowest BCUT2D eigenvalue weighted by Gasteiger charge is -2.03. The number of thiophene rings is 1. The van der Waals surface area contributed by atoms with Crippen LogP contribution >= 0.6 is 11.3 Å². The largest absolute Gasteiger partial charge is 0.304 e. The van der Waals surface area contributed by atoms with Crippen molar-refractivity contribution in [2.45, 2.75) is 6.92 Å². The monoisotopic (exact) mass is 264 g/mol. The van der Waals surface area contributed by atoms with Crippen LogP contribution in [0.1, 0.15) is 5.56 Å². The zero-order valence-electron chi connectivity index (χ0n) is 10.5. The van der Waals surface area contributed by atoms with Crippen molar-refractivity contribution in [1.82, 2.24) is 9.38 Å². The minimum Gasteiger partial charge on any atom is -0.304 e. The number of imidazole rings is 1. The Bertz CT molecular complexity index is 872. The van der Waals surface area contributed by atoms with Crippen LogP contribution in [0.4, 0.5) is 0 Å². The lowest BCUT2D eigenvalue weighted by Crippen LogP contribution is -1.86. The zero-order chi connectivity index (χ0) is 12.8. The quantitative estimate of drug-likeness (QED) is 0.494. The summed E-state index contributed by atoms with van der Waals surface area (Å²) in [7, 11) is 0. The van der Waals surface area contributed by atoms with Crippen molar-refractivity contribution in [3.05, 3.63) is 59.9 Å². The summed E-state index contributed by atoms with van der Waals surface area (Å²) in [6.07, 6.45) is 4.06. The number of pyridine rings is 1. The van der Waals surface area contributed by atoms with Gasteiger partial charge in [-0.1, -0.05) is 30.3 Å². The van der Waals surface area contributed by atoms with Crippen LogP contribution in [0, 0.1) is 6.92 Å². The molecule has 4 rings (SSSR count). The van der Waals surface area contributed by atoms with Crippen LogP contribution in [0.25, 0.3) is 26.9 Å². The predicted octanol–water partition coefficient (Wildman–Crippen LogP) is 4.52. The van der Waals surface area contributed by atoms with E-state index < -0.39 is 0 Å². The maximum atomic E-state index is 4.61. The third-order valence-electron chi connectivity index (χ3n) is 3.48. The fourth-order valence-electron chi connectivity index (χ4n) is 2.57. The lowest BCUT2D eigenvalue weighted by molar-refractivity contribution is 1.15. The molecule has 0 saturated carbocycles. The maximum absolute atomic E-state index is 4.61. The first-order valence-electron chi connectivity index (χ1n) is 6.23. The molecule has 0 saturated heterocycles. The van der Waals surface area contributed by atoms with Gasteiger partial charge in [0.1, 0.15) is 0 Å². The summed E-state index contributed by atoms with van der Waals surface area (Å²) in [5, 5.41) is 3.48. The summed E-state index contributed by atoms with van der Waals surface area (Å²) < 4.78 is 3.45. The van der Waals surface area contributed by atoms with Crippen molar-refractivity contribution in [3.8, 4) is 11.3 Å². The molecule has 0 radical (unpaired) electrons. The van der Waals surface area contributed by atoms with Gasteiger partial charge in [0.25, 0.3) is 0 Å². The van der Waals surface area contributed by atoms with E-state index in [-0.39, 0.29) is 0 Å². The highest BCUT2D eigenvalue weighted by Crippen LogP contribution is 2.33. The molecule has 2 nitrogen and oxygen atoms in total. The van der Waals surface area contributed by atoms with Crippen molar-refractivity contribution in [2.24, 2.45) is 0 Å². The second-order valence-corrected chi connectivity index (χ2v) is 5.61. The number of fused-ring (bicyclic) bond motifs is 3. The van der Waals surface area contributed by atoms with E-state index in [4.69, 9.17) is 0 Å². The second kappa shape index (κ2) is 3.93. The fraction of sp³-hybridized carbons (Fsp3) is 0.0625.